The van der Waals surface area contributed by atoms with E-state index in [-0.39, 0.29) is 0 Å². The number of para-hydroxylation sites is 4. The minimum atomic E-state index is 0.638. The molecule has 1 aliphatic rings. The predicted octanol–water partition coefficient (Wildman–Crippen LogP) is 14.5. The van der Waals surface area contributed by atoms with Crippen molar-refractivity contribution in [2.24, 2.45) is 0 Å². The van der Waals surface area contributed by atoms with Crippen LogP contribution < -0.4 is 9.64 Å². The highest BCUT2D eigenvalue weighted by Crippen LogP contribution is 2.51. The number of fused-ring (bicyclic) bond motifs is 7. The van der Waals surface area contributed by atoms with Crippen molar-refractivity contribution < 1.29 is 4.74 Å². The molecule has 276 valence electrons. The summed E-state index contributed by atoms with van der Waals surface area (Å²) in [5.74, 6) is 2.27. The number of rotatable bonds is 5. The number of anilines is 3. The second-order valence-corrected chi connectivity index (χ2v) is 15.0. The van der Waals surface area contributed by atoms with E-state index in [0.29, 0.717) is 5.95 Å². The van der Waals surface area contributed by atoms with Crippen molar-refractivity contribution in [3.63, 3.8) is 0 Å². The molecule has 59 heavy (non-hydrogen) atoms. The molecule has 11 aromatic rings. The minimum Gasteiger partial charge on any atom is -0.453 e. The maximum Gasteiger partial charge on any atom is 0.235 e. The van der Waals surface area contributed by atoms with E-state index in [1.54, 1.807) is 0 Å². The molecule has 5 nitrogen and oxygen atoms in total. The van der Waals surface area contributed by atoms with Crippen LogP contribution in [0.3, 0.4) is 0 Å². The molecule has 0 spiro atoms. The van der Waals surface area contributed by atoms with E-state index in [1.807, 2.05) is 24.3 Å². The van der Waals surface area contributed by atoms with E-state index in [2.05, 4.69) is 191 Å². The number of ether oxygens (including phenoxy) is 1. The standard InChI is InChI=1S/C54H34N4O/c1-2-12-35(13-3-1)37-22-24-38(25-23-37)53-44-17-6-8-18-46(44)55-54(56-53)58-47-19-9-7-16-43(47)45-33-40(27-30-48(45)58)41-28-31-50-52(34-41)59-51-21-11-10-20-49(51)57(50)42-29-26-36-14-4-5-15-39(36)32-42/h1-34H. The molecule has 0 aliphatic carbocycles. The molecule has 0 N–H and O–H groups in total. The number of aromatic nitrogens is 3. The molecule has 0 saturated heterocycles. The van der Waals surface area contributed by atoms with Crippen LogP contribution in [0.5, 0.6) is 11.5 Å². The molecule has 12 rings (SSSR count). The molecule has 2 aromatic heterocycles. The van der Waals surface area contributed by atoms with Gasteiger partial charge in [-0.25, -0.2) is 9.97 Å². The highest BCUT2D eigenvalue weighted by molar-refractivity contribution is 6.10. The summed E-state index contributed by atoms with van der Waals surface area (Å²) in [4.78, 5) is 12.8. The Balaban J connectivity index is 0.975. The van der Waals surface area contributed by atoms with Gasteiger partial charge >= 0.3 is 0 Å². The third kappa shape index (κ3) is 5.47. The highest BCUT2D eigenvalue weighted by Gasteiger charge is 2.27. The van der Waals surface area contributed by atoms with Gasteiger partial charge in [0.15, 0.2) is 11.5 Å². The first kappa shape index (κ1) is 33.2. The first-order valence-corrected chi connectivity index (χ1v) is 19.9. The maximum absolute atomic E-state index is 6.65. The van der Waals surface area contributed by atoms with E-state index in [9.17, 15) is 0 Å². The van der Waals surface area contributed by atoms with E-state index >= 15 is 0 Å². The van der Waals surface area contributed by atoms with Crippen molar-refractivity contribution in [2.45, 2.75) is 0 Å². The van der Waals surface area contributed by atoms with Gasteiger partial charge in [0.2, 0.25) is 5.95 Å². The molecule has 0 fully saturated rings. The lowest BCUT2D eigenvalue weighted by Gasteiger charge is -2.33. The summed E-state index contributed by atoms with van der Waals surface area (Å²) in [6.45, 7) is 0. The van der Waals surface area contributed by atoms with Crippen LogP contribution >= 0.6 is 0 Å². The number of hydrogen-bond donors (Lipinski definition) is 0. The van der Waals surface area contributed by atoms with Gasteiger partial charge < -0.3 is 9.64 Å². The van der Waals surface area contributed by atoms with E-state index in [0.717, 1.165) is 83.7 Å². The molecule has 1 aliphatic heterocycles. The normalized spacial score (nSPS) is 12.2. The van der Waals surface area contributed by atoms with E-state index < -0.39 is 0 Å². The van der Waals surface area contributed by atoms with Gasteiger partial charge in [-0.2, -0.15) is 0 Å². The van der Waals surface area contributed by atoms with Crippen molar-refractivity contribution in [1.29, 1.82) is 0 Å². The van der Waals surface area contributed by atoms with Crippen molar-refractivity contribution >= 4 is 60.5 Å². The molecule has 0 amide bonds. The zero-order chi connectivity index (χ0) is 38.9. The molecule has 3 heterocycles. The SMILES string of the molecule is c1ccc(-c2ccc(-c3nc(-n4c5ccccc5c5cc(-c6ccc7c(c6)Oc6ccccc6N7c6ccc7ccccc7c6)ccc54)nc4ccccc34)cc2)cc1. The van der Waals surface area contributed by atoms with Gasteiger partial charge in [0.05, 0.1) is 33.6 Å². The number of benzene rings is 9. The van der Waals surface area contributed by atoms with Crippen molar-refractivity contribution in [3.8, 4) is 51.0 Å². The first-order valence-electron chi connectivity index (χ1n) is 19.9. The molecule has 0 atom stereocenters. The number of hydrogen-bond acceptors (Lipinski definition) is 4. The Labute approximate surface area is 340 Å². The van der Waals surface area contributed by atoms with Gasteiger partial charge in [-0.1, -0.05) is 146 Å². The lowest BCUT2D eigenvalue weighted by Crippen LogP contribution is -2.15. The lowest BCUT2D eigenvalue weighted by atomic mass is 10.0. The average molecular weight is 755 g/mol. The molecule has 0 bridgehead atoms. The summed E-state index contributed by atoms with van der Waals surface area (Å²) in [6.07, 6.45) is 0. The fourth-order valence-corrected chi connectivity index (χ4v) is 8.73. The largest absolute Gasteiger partial charge is 0.453 e. The molecule has 0 saturated carbocycles. The quantitative estimate of drug-likeness (QED) is 0.175. The summed E-state index contributed by atoms with van der Waals surface area (Å²) in [7, 11) is 0. The number of nitrogens with zero attached hydrogens (tertiary/aromatic N) is 4. The van der Waals surface area contributed by atoms with Gasteiger partial charge in [-0.05, 0) is 93.7 Å². The minimum absolute atomic E-state index is 0.638. The van der Waals surface area contributed by atoms with E-state index in [1.165, 1.54) is 21.9 Å². The Morgan fingerprint density at radius 1 is 0.373 bits per heavy atom. The molecular formula is C54H34N4O. The van der Waals surface area contributed by atoms with Crippen LogP contribution in [0, 0.1) is 0 Å². The Morgan fingerprint density at radius 3 is 1.92 bits per heavy atom. The summed E-state index contributed by atoms with van der Waals surface area (Å²) in [5.41, 5.74) is 12.6. The van der Waals surface area contributed by atoms with E-state index in [4.69, 9.17) is 14.7 Å². The zero-order valence-corrected chi connectivity index (χ0v) is 31.8. The maximum atomic E-state index is 6.65. The molecule has 0 radical (unpaired) electrons. The molecule has 9 aromatic carbocycles. The highest BCUT2D eigenvalue weighted by atomic mass is 16.5. The van der Waals surface area contributed by atoms with Gasteiger partial charge in [0.1, 0.15) is 0 Å². The summed E-state index contributed by atoms with van der Waals surface area (Å²) >= 11 is 0. The second-order valence-electron chi connectivity index (χ2n) is 15.0. The van der Waals surface area contributed by atoms with Gasteiger partial charge in [-0.15, -0.1) is 0 Å². The van der Waals surface area contributed by atoms with Crippen LogP contribution in [0.1, 0.15) is 0 Å². The topological polar surface area (TPSA) is 43.2 Å². The fraction of sp³-hybridized carbons (Fsp3) is 0. The van der Waals surface area contributed by atoms with Gasteiger partial charge in [0.25, 0.3) is 0 Å². The Bertz CT molecular complexity index is 3430. The Hall–Kier alpha value is -8.02. The Morgan fingerprint density at radius 2 is 1.02 bits per heavy atom. The van der Waals surface area contributed by atoms with Crippen LogP contribution in [0.4, 0.5) is 17.1 Å². The Kier molecular flexibility index (Phi) is 7.47. The fourth-order valence-electron chi connectivity index (χ4n) is 8.73. The second kappa shape index (κ2) is 13.3. The average Bonchev–Trinajstić information content (AvgIpc) is 3.64. The van der Waals surface area contributed by atoms with Crippen molar-refractivity contribution in [2.75, 3.05) is 4.90 Å². The van der Waals surface area contributed by atoms with Crippen LogP contribution in [0.15, 0.2) is 206 Å². The first-order chi connectivity index (χ1) is 29.2. The van der Waals surface area contributed by atoms with Crippen LogP contribution in [-0.2, 0) is 0 Å². The molecule has 5 heteroatoms. The molecule has 0 unspecified atom stereocenters. The predicted molar refractivity (Wildman–Crippen MR) is 242 cm³/mol. The van der Waals surface area contributed by atoms with Crippen LogP contribution in [0.2, 0.25) is 0 Å². The van der Waals surface area contributed by atoms with Gasteiger partial charge in [0, 0.05) is 27.4 Å². The third-order valence-corrected chi connectivity index (χ3v) is 11.6. The summed E-state index contributed by atoms with van der Waals surface area (Å²) < 4.78 is 8.85. The monoisotopic (exact) mass is 754 g/mol. The van der Waals surface area contributed by atoms with Crippen LogP contribution in [-0.4, -0.2) is 14.5 Å². The third-order valence-electron chi connectivity index (χ3n) is 11.6. The smallest absolute Gasteiger partial charge is 0.235 e. The zero-order valence-electron chi connectivity index (χ0n) is 31.8. The van der Waals surface area contributed by atoms with Crippen LogP contribution in [0.25, 0.3) is 82.9 Å². The lowest BCUT2D eigenvalue weighted by molar-refractivity contribution is 0.477. The summed E-state index contributed by atoms with van der Waals surface area (Å²) in [6, 6.07) is 72.6. The summed E-state index contributed by atoms with van der Waals surface area (Å²) in [5, 5.41) is 5.70. The van der Waals surface area contributed by atoms with Gasteiger partial charge in [-0.3, -0.25) is 4.57 Å². The van der Waals surface area contributed by atoms with Crippen molar-refractivity contribution in [1.82, 2.24) is 14.5 Å². The van der Waals surface area contributed by atoms with Crippen molar-refractivity contribution in [3.05, 3.63) is 206 Å². The molecular weight excluding hydrogens is 721 g/mol.